The van der Waals surface area contributed by atoms with Gasteiger partial charge in [0.15, 0.2) is 17.3 Å². The van der Waals surface area contributed by atoms with Crippen LogP contribution in [0.5, 0.6) is 11.5 Å². The number of hydrogen-bond donors (Lipinski definition) is 1. The van der Waals surface area contributed by atoms with E-state index in [9.17, 15) is 14.7 Å². The molecule has 0 saturated carbocycles. The van der Waals surface area contributed by atoms with Crippen molar-refractivity contribution < 1.29 is 24.2 Å². The average molecular weight is 354 g/mol. The zero-order valence-corrected chi connectivity index (χ0v) is 14.8. The Balaban J connectivity index is 2.18. The lowest BCUT2D eigenvalue weighted by atomic mass is 9.94. The van der Waals surface area contributed by atoms with Crippen LogP contribution in [0.25, 0.3) is 6.08 Å². The van der Waals surface area contributed by atoms with Gasteiger partial charge in [-0.1, -0.05) is 42.5 Å². The molecule has 0 heterocycles. The van der Waals surface area contributed by atoms with Gasteiger partial charge in [0, 0.05) is 0 Å². The number of carbonyl (C=O) groups excluding carboxylic acids is 2. The van der Waals surface area contributed by atoms with E-state index < -0.39 is 11.9 Å². The second kappa shape index (κ2) is 9.42. The number of phenols is 1. The molecule has 0 aromatic heterocycles. The molecule has 0 amide bonds. The van der Waals surface area contributed by atoms with E-state index in [-0.39, 0.29) is 24.6 Å². The van der Waals surface area contributed by atoms with Crippen molar-refractivity contribution in [1.82, 2.24) is 0 Å². The Morgan fingerprint density at radius 1 is 1.15 bits per heavy atom. The summed E-state index contributed by atoms with van der Waals surface area (Å²) in [5.74, 6) is -1.43. The van der Waals surface area contributed by atoms with Crippen LogP contribution in [0.2, 0.25) is 0 Å². The fourth-order valence-corrected chi connectivity index (χ4v) is 2.49. The quantitative estimate of drug-likeness (QED) is 0.447. The van der Waals surface area contributed by atoms with Crippen LogP contribution < -0.4 is 4.74 Å². The maximum Gasteiger partial charge on any atom is 0.317 e. The number of hydrogen-bond acceptors (Lipinski definition) is 5. The monoisotopic (exact) mass is 354 g/mol. The van der Waals surface area contributed by atoms with E-state index in [4.69, 9.17) is 9.47 Å². The number of phenolic OH excluding ortho intramolecular Hbond substituents is 1. The molecule has 0 fully saturated rings. The summed E-state index contributed by atoms with van der Waals surface area (Å²) in [6.07, 6.45) is 3.22. The third-order valence-electron chi connectivity index (χ3n) is 3.84. The van der Waals surface area contributed by atoms with Gasteiger partial charge >= 0.3 is 5.97 Å². The Labute approximate surface area is 152 Å². The minimum Gasteiger partial charge on any atom is -0.504 e. The maximum atomic E-state index is 12.6. The summed E-state index contributed by atoms with van der Waals surface area (Å²) < 4.78 is 10.1. The molecule has 0 aliphatic heterocycles. The van der Waals surface area contributed by atoms with Crippen molar-refractivity contribution in [2.45, 2.75) is 13.3 Å². The van der Waals surface area contributed by atoms with E-state index in [0.717, 1.165) is 5.56 Å². The molecule has 0 spiro atoms. The number of esters is 1. The fourth-order valence-electron chi connectivity index (χ4n) is 2.49. The van der Waals surface area contributed by atoms with Gasteiger partial charge in [0.1, 0.15) is 5.92 Å². The van der Waals surface area contributed by atoms with Gasteiger partial charge in [-0.05, 0) is 42.7 Å². The molecule has 5 heteroatoms. The zero-order chi connectivity index (χ0) is 18.9. The van der Waals surface area contributed by atoms with E-state index in [1.54, 1.807) is 25.1 Å². The van der Waals surface area contributed by atoms with Crippen LogP contribution in [-0.2, 0) is 20.7 Å². The van der Waals surface area contributed by atoms with E-state index in [1.807, 2.05) is 30.3 Å². The number of methoxy groups -OCH3 is 1. The van der Waals surface area contributed by atoms with Crippen molar-refractivity contribution in [2.24, 2.45) is 5.92 Å². The Kier molecular flexibility index (Phi) is 6.97. The SMILES string of the molecule is CCOC(=O)C(Cc1ccccc1)C(=O)C=Cc1ccc(O)c(OC)c1. The van der Waals surface area contributed by atoms with Crippen molar-refractivity contribution in [1.29, 1.82) is 0 Å². The molecule has 26 heavy (non-hydrogen) atoms. The van der Waals surface area contributed by atoms with Gasteiger partial charge in [-0.3, -0.25) is 9.59 Å². The Hall–Kier alpha value is -3.08. The number of aromatic hydroxyl groups is 1. The van der Waals surface area contributed by atoms with Crippen LogP contribution >= 0.6 is 0 Å². The molecule has 2 aromatic rings. The first-order valence-electron chi connectivity index (χ1n) is 8.34. The first-order valence-corrected chi connectivity index (χ1v) is 8.34. The molecule has 1 unspecified atom stereocenters. The van der Waals surface area contributed by atoms with Gasteiger partial charge in [0.25, 0.3) is 0 Å². The number of allylic oxidation sites excluding steroid dienone is 1. The third-order valence-corrected chi connectivity index (χ3v) is 3.84. The molecule has 0 bridgehead atoms. The van der Waals surface area contributed by atoms with Gasteiger partial charge in [-0.25, -0.2) is 0 Å². The highest BCUT2D eigenvalue weighted by atomic mass is 16.5. The Bertz CT molecular complexity index is 780. The second-order valence-corrected chi connectivity index (χ2v) is 5.66. The van der Waals surface area contributed by atoms with Gasteiger partial charge < -0.3 is 14.6 Å². The molecule has 1 atom stereocenters. The molecule has 0 aliphatic rings. The lowest BCUT2D eigenvalue weighted by molar-refractivity contribution is -0.150. The minimum absolute atomic E-state index is 0.0180. The van der Waals surface area contributed by atoms with Crippen molar-refractivity contribution in [3.8, 4) is 11.5 Å². The third kappa shape index (κ3) is 5.21. The van der Waals surface area contributed by atoms with Crippen LogP contribution in [0, 0.1) is 5.92 Å². The topological polar surface area (TPSA) is 72.8 Å². The first-order chi connectivity index (χ1) is 12.5. The summed E-state index contributed by atoms with van der Waals surface area (Å²) in [7, 11) is 1.45. The molecule has 5 nitrogen and oxygen atoms in total. The largest absolute Gasteiger partial charge is 0.504 e. The highest BCUT2D eigenvalue weighted by Crippen LogP contribution is 2.26. The molecule has 0 aliphatic carbocycles. The molecular formula is C21H22O5. The maximum absolute atomic E-state index is 12.6. The van der Waals surface area contributed by atoms with E-state index in [0.29, 0.717) is 11.3 Å². The van der Waals surface area contributed by atoms with Crippen LogP contribution in [0.3, 0.4) is 0 Å². The molecular weight excluding hydrogens is 332 g/mol. The number of benzene rings is 2. The lowest BCUT2D eigenvalue weighted by Crippen LogP contribution is -2.27. The Morgan fingerprint density at radius 3 is 2.54 bits per heavy atom. The molecule has 2 rings (SSSR count). The van der Waals surface area contributed by atoms with Crippen molar-refractivity contribution in [3.63, 3.8) is 0 Å². The van der Waals surface area contributed by atoms with Gasteiger partial charge in [0.05, 0.1) is 13.7 Å². The number of carbonyl (C=O) groups is 2. The van der Waals surface area contributed by atoms with E-state index in [2.05, 4.69) is 0 Å². The normalized spacial score (nSPS) is 11.9. The smallest absolute Gasteiger partial charge is 0.317 e. The van der Waals surface area contributed by atoms with Crippen LogP contribution in [0.1, 0.15) is 18.1 Å². The molecule has 0 saturated heterocycles. The summed E-state index contributed by atoms with van der Waals surface area (Å²) >= 11 is 0. The summed E-state index contributed by atoms with van der Waals surface area (Å²) in [5.41, 5.74) is 1.56. The predicted molar refractivity (Wildman–Crippen MR) is 99.0 cm³/mol. The van der Waals surface area contributed by atoms with Crippen LogP contribution in [0.4, 0.5) is 0 Å². The van der Waals surface area contributed by atoms with Crippen LogP contribution in [-0.4, -0.2) is 30.6 Å². The Morgan fingerprint density at radius 2 is 1.88 bits per heavy atom. The van der Waals surface area contributed by atoms with Gasteiger partial charge in [0.2, 0.25) is 0 Å². The second-order valence-electron chi connectivity index (χ2n) is 5.66. The van der Waals surface area contributed by atoms with Crippen LogP contribution in [0.15, 0.2) is 54.6 Å². The number of ketones is 1. The summed E-state index contributed by atoms with van der Waals surface area (Å²) in [4.78, 5) is 24.8. The van der Waals surface area contributed by atoms with E-state index in [1.165, 1.54) is 19.3 Å². The van der Waals surface area contributed by atoms with Crippen molar-refractivity contribution >= 4 is 17.8 Å². The molecule has 0 radical (unpaired) electrons. The highest BCUT2D eigenvalue weighted by Gasteiger charge is 2.26. The molecule has 1 N–H and O–H groups in total. The number of rotatable bonds is 8. The minimum atomic E-state index is -0.896. The highest BCUT2D eigenvalue weighted by molar-refractivity contribution is 6.07. The lowest BCUT2D eigenvalue weighted by Gasteiger charge is -2.13. The zero-order valence-electron chi connectivity index (χ0n) is 14.8. The van der Waals surface area contributed by atoms with Crippen molar-refractivity contribution in [3.05, 3.63) is 65.7 Å². The standard InChI is InChI=1S/C21H22O5/c1-3-26-21(24)17(13-15-7-5-4-6-8-15)18(22)11-9-16-10-12-19(23)20(14-16)25-2/h4-12,14,17,23H,3,13H2,1-2H3. The van der Waals surface area contributed by atoms with Gasteiger partial charge in [-0.2, -0.15) is 0 Å². The first kappa shape index (κ1) is 19.2. The molecule has 136 valence electrons. The summed E-state index contributed by atoms with van der Waals surface area (Å²) in [6, 6.07) is 14.1. The predicted octanol–water partition coefficient (Wildman–Crippen LogP) is 3.41. The average Bonchev–Trinajstić information content (AvgIpc) is 2.66. The van der Waals surface area contributed by atoms with Crippen molar-refractivity contribution in [2.75, 3.05) is 13.7 Å². The molecule has 2 aromatic carbocycles. The fraction of sp³-hybridized carbons (Fsp3) is 0.238. The summed E-state index contributed by atoms with van der Waals surface area (Å²) in [6.45, 7) is 1.93. The number of ether oxygens (including phenoxy) is 2. The summed E-state index contributed by atoms with van der Waals surface area (Å²) in [5, 5.41) is 9.62. The van der Waals surface area contributed by atoms with E-state index >= 15 is 0 Å². The van der Waals surface area contributed by atoms with Gasteiger partial charge in [-0.15, -0.1) is 0 Å².